The van der Waals surface area contributed by atoms with E-state index in [-0.39, 0.29) is 5.91 Å². The zero-order chi connectivity index (χ0) is 23.8. The van der Waals surface area contributed by atoms with Crippen LogP contribution in [0.3, 0.4) is 0 Å². The summed E-state index contributed by atoms with van der Waals surface area (Å²) >= 11 is 6.73. The molecule has 0 fully saturated rings. The van der Waals surface area contributed by atoms with Crippen molar-refractivity contribution in [2.24, 2.45) is 0 Å². The maximum atomic E-state index is 12.9. The van der Waals surface area contributed by atoms with Crippen LogP contribution in [0.1, 0.15) is 10.4 Å². The Morgan fingerprint density at radius 2 is 1.40 bits per heavy atom. The van der Waals surface area contributed by atoms with E-state index in [1.165, 1.54) is 0 Å². The second-order valence-corrected chi connectivity index (χ2v) is 8.81. The Labute approximate surface area is 208 Å². The fraction of sp³-hybridized carbons (Fsp3) is 0. The van der Waals surface area contributed by atoms with E-state index in [2.05, 4.69) is 46.3 Å². The first-order chi connectivity index (χ1) is 17.2. The normalized spacial score (nSPS) is 11.1. The molecule has 6 aromatic rings. The molecule has 0 aliphatic carbocycles. The molecule has 168 valence electrons. The molecule has 35 heavy (non-hydrogen) atoms. The average Bonchev–Trinajstić information content (AvgIpc) is 3.25. The monoisotopic (exact) mass is 472 g/mol. The van der Waals surface area contributed by atoms with Gasteiger partial charge in [0.1, 0.15) is 0 Å². The number of nitrogens with zero attached hydrogens (tertiary/aromatic N) is 1. The van der Waals surface area contributed by atoms with Gasteiger partial charge < -0.3 is 9.88 Å². The average molecular weight is 473 g/mol. The smallest absolute Gasteiger partial charge is 0.255 e. The van der Waals surface area contributed by atoms with Gasteiger partial charge in [-0.2, -0.15) is 0 Å². The van der Waals surface area contributed by atoms with Crippen LogP contribution in [0.4, 0.5) is 5.69 Å². The summed E-state index contributed by atoms with van der Waals surface area (Å²) in [6.07, 6.45) is 0. The van der Waals surface area contributed by atoms with Crippen LogP contribution in [0.25, 0.3) is 38.6 Å². The zero-order valence-corrected chi connectivity index (χ0v) is 19.5. The summed E-state index contributed by atoms with van der Waals surface area (Å²) in [4.78, 5) is 12.9. The van der Waals surface area contributed by atoms with Gasteiger partial charge in [0.25, 0.3) is 5.91 Å². The Hall–Kier alpha value is -4.34. The molecule has 3 nitrogen and oxygen atoms in total. The number of anilines is 1. The molecule has 0 bridgehead atoms. The third-order valence-corrected chi connectivity index (χ3v) is 6.59. The summed E-state index contributed by atoms with van der Waals surface area (Å²) in [7, 11) is 0. The molecule has 5 aromatic carbocycles. The van der Waals surface area contributed by atoms with Gasteiger partial charge in [-0.05, 0) is 60.2 Å². The van der Waals surface area contributed by atoms with Crippen LogP contribution in [0.5, 0.6) is 0 Å². The molecule has 0 saturated carbocycles. The number of aromatic nitrogens is 1. The summed E-state index contributed by atoms with van der Waals surface area (Å²) in [5, 5.41) is 5.88. The topological polar surface area (TPSA) is 34.0 Å². The first-order valence-corrected chi connectivity index (χ1v) is 11.8. The van der Waals surface area contributed by atoms with Crippen LogP contribution in [-0.2, 0) is 0 Å². The van der Waals surface area contributed by atoms with Gasteiger partial charge >= 0.3 is 0 Å². The number of hydrogen-bond acceptors (Lipinski definition) is 1. The summed E-state index contributed by atoms with van der Waals surface area (Å²) in [5.41, 5.74) is 6.56. The van der Waals surface area contributed by atoms with Gasteiger partial charge in [-0.15, -0.1) is 0 Å². The molecule has 1 aromatic heterocycles. The van der Waals surface area contributed by atoms with Crippen molar-refractivity contribution in [3.63, 3.8) is 0 Å². The Balaban J connectivity index is 1.52. The zero-order valence-electron chi connectivity index (χ0n) is 18.8. The van der Waals surface area contributed by atoms with Crippen molar-refractivity contribution >= 4 is 45.0 Å². The van der Waals surface area contributed by atoms with Crippen LogP contribution < -0.4 is 5.32 Å². The van der Waals surface area contributed by atoms with E-state index < -0.39 is 0 Å². The third-order valence-electron chi connectivity index (χ3n) is 6.28. The lowest BCUT2D eigenvalue weighted by molar-refractivity contribution is 0.102. The summed E-state index contributed by atoms with van der Waals surface area (Å²) in [6, 6.07) is 39.8. The lowest BCUT2D eigenvalue weighted by Gasteiger charge is -2.12. The minimum absolute atomic E-state index is 0.136. The highest BCUT2D eigenvalue weighted by molar-refractivity contribution is 6.38. The van der Waals surface area contributed by atoms with Crippen molar-refractivity contribution < 1.29 is 4.79 Å². The SMILES string of the molecule is O=C(Nc1ccccc1-c1ccc2c(c1)c1c(Cl)cccc1n2-c1ccccc1)c1ccccc1. The molecular formula is C31H21ClN2O. The molecule has 4 heteroatoms. The molecule has 0 aliphatic rings. The van der Waals surface area contributed by atoms with Crippen LogP contribution in [-0.4, -0.2) is 10.5 Å². The van der Waals surface area contributed by atoms with Crippen molar-refractivity contribution in [3.05, 3.63) is 132 Å². The molecule has 0 radical (unpaired) electrons. The van der Waals surface area contributed by atoms with Gasteiger partial charge in [0, 0.05) is 33.3 Å². The van der Waals surface area contributed by atoms with E-state index in [4.69, 9.17) is 11.6 Å². The highest BCUT2D eigenvalue weighted by Gasteiger charge is 2.16. The summed E-state index contributed by atoms with van der Waals surface area (Å²) < 4.78 is 2.24. The van der Waals surface area contributed by atoms with E-state index in [1.54, 1.807) is 0 Å². The van der Waals surface area contributed by atoms with Gasteiger partial charge in [0.2, 0.25) is 0 Å². The number of hydrogen-bond donors (Lipinski definition) is 1. The van der Waals surface area contributed by atoms with Gasteiger partial charge in [-0.1, -0.05) is 78.3 Å². The number of para-hydroxylation sites is 2. The number of halogens is 1. The highest BCUT2D eigenvalue weighted by Crippen LogP contribution is 2.39. The summed E-state index contributed by atoms with van der Waals surface area (Å²) in [6.45, 7) is 0. The van der Waals surface area contributed by atoms with Gasteiger partial charge in [0.15, 0.2) is 0 Å². The Morgan fingerprint density at radius 1 is 0.686 bits per heavy atom. The van der Waals surface area contributed by atoms with Crippen molar-refractivity contribution in [2.45, 2.75) is 0 Å². The predicted octanol–water partition coefficient (Wildman–Crippen LogP) is 8.36. The van der Waals surface area contributed by atoms with Gasteiger partial charge in [0.05, 0.1) is 16.1 Å². The standard InChI is InChI=1S/C31H21ClN2O/c32-26-15-9-17-29-30(26)25-20-22(18-19-28(25)34(29)23-12-5-2-6-13-23)24-14-7-8-16-27(24)33-31(35)21-10-3-1-4-11-21/h1-20H,(H,33,35). The van der Waals surface area contributed by atoms with E-state index in [1.807, 2.05) is 84.9 Å². The number of benzene rings is 5. The van der Waals surface area contributed by atoms with Crippen molar-refractivity contribution in [1.29, 1.82) is 0 Å². The van der Waals surface area contributed by atoms with Crippen LogP contribution in [0.15, 0.2) is 121 Å². The maximum absolute atomic E-state index is 12.9. The minimum atomic E-state index is -0.136. The van der Waals surface area contributed by atoms with Gasteiger partial charge in [-0.25, -0.2) is 0 Å². The molecular weight excluding hydrogens is 452 g/mol. The number of fused-ring (bicyclic) bond motifs is 3. The Kier molecular flexibility index (Phi) is 5.32. The molecule has 0 atom stereocenters. The molecule has 1 amide bonds. The van der Waals surface area contributed by atoms with Crippen molar-refractivity contribution in [1.82, 2.24) is 4.57 Å². The van der Waals surface area contributed by atoms with Gasteiger partial charge in [-0.3, -0.25) is 4.79 Å². The van der Waals surface area contributed by atoms with E-state index in [0.717, 1.165) is 44.3 Å². The first-order valence-electron chi connectivity index (χ1n) is 11.4. The van der Waals surface area contributed by atoms with Crippen LogP contribution in [0, 0.1) is 0 Å². The van der Waals surface area contributed by atoms with E-state index in [9.17, 15) is 4.79 Å². The molecule has 0 spiro atoms. The van der Waals surface area contributed by atoms with E-state index in [0.29, 0.717) is 10.6 Å². The fourth-order valence-electron chi connectivity index (χ4n) is 4.68. The number of carbonyl (C=O) groups is 1. The largest absolute Gasteiger partial charge is 0.321 e. The van der Waals surface area contributed by atoms with E-state index >= 15 is 0 Å². The second-order valence-electron chi connectivity index (χ2n) is 8.40. The van der Waals surface area contributed by atoms with Crippen LogP contribution in [0.2, 0.25) is 5.02 Å². The number of rotatable bonds is 4. The second kappa shape index (κ2) is 8.79. The lowest BCUT2D eigenvalue weighted by Crippen LogP contribution is -2.12. The minimum Gasteiger partial charge on any atom is -0.321 e. The molecule has 1 heterocycles. The fourth-order valence-corrected chi connectivity index (χ4v) is 4.95. The molecule has 1 N–H and O–H groups in total. The molecule has 0 unspecified atom stereocenters. The highest BCUT2D eigenvalue weighted by atomic mass is 35.5. The predicted molar refractivity (Wildman–Crippen MR) is 146 cm³/mol. The Morgan fingerprint density at radius 3 is 2.20 bits per heavy atom. The maximum Gasteiger partial charge on any atom is 0.255 e. The van der Waals surface area contributed by atoms with Crippen molar-refractivity contribution in [3.8, 4) is 16.8 Å². The third kappa shape index (κ3) is 3.76. The molecule has 0 saturated heterocycles. The summed E-state index contributed by atoms with van der Waals surface area (Å²) in [5.74, 6) is -0.136. The number of amides is 1. The molecule has 6 rings (SSSR count). The number of carbonyl (C=O) groups excluding carboxylic acids is 1. The Bertz CT molecular complexity index is 1690. The van der Waals surface area contributed by atoms with Crippen molar-refractivity contribution in [2.75, 3.05) is 5.32 Å². The lowest BCUT2D eigenvalue weighted by atomic mass is 10.0. The first kappa shape index (κ1) is 21.2. The molecule has 0 aliphatic heterocycles. The quantitative estimate of drug-likeness (QED) is 0.275. The number of nitrogens with one attached hydrogen (secondary N) is 1. The van der Waals surface area contributed by atoms with Crippen LogP contribution >= 0.6 is 11.6 Å².